The molecule has 7 nitrogen and oxygen atoms in total. The predicted molar refractivity (Wildman–Crippen MR) is 132 cm³/mol. The molecule has 0 aliphatic carbocycles. The van der Waals surface area contributed by atoms with E-state index >= 15 is 0 Å². The van der Waals surface area contributed by atoms with Crippen LogP contribution in [0.2, 0.25) is 0 Å². The number of hydrogen-bond donors (Lipinski definition) is 1. The smallest absolute Gasteiger partial charge is 0.411 e. The van der Waals surface area contributed by atoms with E-state index in [0.29, 0.717) is 18.9 Å². The molecule has 0 saturated carbocycles. The van der Waals surface area contributed by atoms with E-state index < -0.39 is 23.6 Å². The predicted octanol–water partition coefficient (Wildman–Crippen LogP) is 5.46. The number of ether oxygens (including phenoxy) is 4. The van der Waals surface area contributed by atoms with E-state index in [-0.39, 0.29) is 19.8 Å². The second-order valence-corrected chi connectivity index (χ2v) is 8.44. The topological polar surface area (TPSA) is 83.1 Å². The summed E-state index contributed by atoms with van der Waals surface area (Å²) in [4.78, 5) is 24.7. The molecule has 0 heterocycles. The molecule has 0 aromatic heterocycles. The zero-order valence-electron chi connectivity index (χ0n) is 20.3. The van der Waals surface area contributed by atoms with Crippen molar-refractivity contribution in [3.8, 4) is 0 Å². The number of carbonyl (C=O) groups excluding carboxylic acids is 2. The van der Waals surface area contributed by atoms with Crippen molar-refractivity contribution in [3.05, 3.63) is 72.3 Å². The SMILES string of the molecule is C=Cc1ccc(NC(=O)OCC(C)(COCCC)COC(=O)C(C)OCc2ccccc2)cc1. The van der Waals surface area contributed by atoms with Crippen LogP contribution in [0.5, 0.6) is 0 Å². The molecule has 0 bridgehead atoms. The fourth-order valence-electron chi connectivity index (χ4n) is 2.91. The monoisotopic (exact) mass is 469 g/mol. The van der Waals surface area contributed by atoms with Crippen molar-refractivity contribution in [2.75, 3.05) is 31.7 Å². The van der Waals surface area contributed by atoms with Crippen LogP contribution < -0.4 is 5.32 Å². The maximum Gasteiger partial charge on any atom is 0.411 e. The molecule has 0 spiro atoms. The molecule has 0 aliphatic rings. The van der Waals surface area contributed by atoms with Crippen LogP contribution in [0, 0.1) is 5.41 Å². The van der Waals surface area contributed by atoms with Gasteiger partial charge in [-0.2, -0.15) is 0 Å². The Bertz CT molecular complexity index is 899. The summed E-state index contributed by atoms with van der Waals surface area (Å²) in [5, 5.41) is 2.68. The number of esters is 1. The van der Waals surface area contributed by atoms with Crippen molar-refractivity contribution in [2.45, 2.75) is 39.9 Å². The van der Waals surface area contributed by atoms with Crippen LogP contribution in [0.3, 0.4) is 0 Å². The van der Waals surface area contributed by atoms with Crippen molar-refractivity contribution in [1.82, 2.24) is 0 Å². The minimum absolute atomic E-state index is 0.0137. The van der Waals surface area contributed by atoms with Crippen molar-refractivity contribution >= 4 is 23.8 Å². The molecule has 0 fully saturated rings. The first-order valence-electron chi connectivity index (χ1n) is 11.4. The van der Waals surface area contributed by atoms with Gasteiger partial charge >= 0.3 is 12.1 Å². The number of benzene rings is 2. The number of hydrogen-bond acceptors (Lipinski definition) is 6. The number of rotatable bonds is 14. The third-order valence-corrected chi connectivity index (χ3v) is 4.98. The van der Waals surface area contributed by atoms with Gasteiger partial charge in [0.05, 0.1) is 18.6 Å². The van der Waals surface area contributed by atoms with Gasteiger partial charge in [-0.05, 0) is 36.6 Å². The summed E-state index contributed by atoms with van der Waals surface area (Å²) in [6.07, 6.45) is 1.24. The number of carbonyl (C=O) groups is 2. The molecule has 184 valence electrons. The Kier molecular flexibility index (Phi) is 11.3. The highest BCUT2D eigenvalue weighted by molar-refractivity contribution is 5.84. The molecular weight excluding hydrogens is 434 g/mol. The maximum absolute atomic E-state index is 12.5. The van der Waals surface area contributed by atoms with E-state index in [4.69, 9.17) is 18.9 Å². The van der Waals surface area contributed by atoms with Gasteiger partial charge in [0.2, 0.25) is 0 Å². The minimum atomic E-state index is -0.733. The average Bonchev–Trinajstić information content (AvgIpc) is 2.86. The van der Waals surface area contributed by atoms with E-state index in [1.54, 1.807) is 25.1 Å². The lowest BCUT2D eigenvalue weighted by Crippen LogP contribution is -2.38. The molecule has 0 radical (unpaired) electrons. The number of nitrogens with one attached hydrogen (secondary N) is 1. The van der Waals surface area contributed by atoms with Crippen molar-refractivity contribution < 1.29 is 28.5 Å². The second-order valence-electron chi connectivity index (χ2n) is 8.44. The van der Waals surface area contributed by atoms with Crippen LogP contribution in [0.1, 0.15) is 38.3 Å². The van der Waals surface area contributed by atoms with Gasteiger partial charge in [0.1, 0.15) is 13.2 Å². The van der Waals surface area contributed by atoms with Crippen LogP contribution in [0.25, 0.3) is 6.08 Å². The lowest BCUT2D eigenvalue weighted by molar-refractivity contribution is -0.162. The van der Waals surface area contributed by atoms with Gasteiger partial charge in [-0.1, -0.05) is 69.0 Å². The first-order valence-corrected chi connectivity index (χ1v) is 11.4. The Morgan fingerprint density at radius 3 is 2.35 bits per heavy atom. The molecule has 0 aliphatic heterocycles. The zero-order chi connectivity index (χ0) is 24.8. The molecule has 2 atom stereocenters. The Hall–Kier alpha value is -3.16. The number of anilines is 1. The zero-order valence-corrected chi connectivity index (χ0v) is 20.3. The maximum atomic E-state index is 12.5. The summed E-state index contributed by atoms with van der Waals surface area (Å²) >= 11 is 0. The van der Waals surface area contributed by atoms with Crippen LogP contribution in [-0.2, 0) is 30.3 Å². The molecule has 1 N–H and O–H groups in total. The van der Waals surface area contributed by atoms with Gasteiger partial charge in [0, 0.05) is 12.3 Å². The third kappa shape index (κ3) is 9.77. The molecule has 2 rings (SSSR count). The second kappa shape index (κ2) is 14.2. The highest BCUT2D eigenvalue weighted by Gasteiger charge is 2.30. The molecular formula is C27H35NO6. The van der Waals surface area contributed by atoms with Gasteiger partial charge in [-0.25, -0.2) is 9.59 Å². The van der Waals surface area contributed by atoms with Gasteiger partial charge < -0.3 is 18.9 Å². The Labute approximate surface area is 202 Å². The van der Waals surface area contributed by atoms with Crippen LogP contribution in [-0.4, -0.2) is 44.6 Å². The van der Waals surface area contributed by atoms with E-state index in [0.717, 1.165) is 17.5 Å². The standard InChI is InChI=1S/C27H35NO6/c1-5-16-31-18-27(4,20-34-26(30)28-24-14-12-22(6-2)13-15-24)19-33-25(29)21(3)32-17-23-10-8-7-9-11-23/h6-15,21H,2,5,16-20H2,1,3-4H3,(H,28,30). The van der Waals surface area contributed by atoms with E-state index in [1.165, 1.54) is 0 Å². The summed E-state index contributed by atoms with van der Waals surface area (Å²) in [7, 11) is 0. The van der Waals surface area contributed by atoms with Gasteiger partial charge in [0.15, 0.2) is 6.10 Å². The van der Waals surface area contributed by atoms with Crippen molar-refractivity contribution in [2.24, 2.45) is 5.41 Å². The first kappa shape index (κ1) is 27.1. The Balaban J connectivity index is 1.86. The molecule has 2 aromatic carbocycles. The van der Waals surface area contributed by atoms with Crippen LogP contribution in [0.4, 0.5) is 10.5 Å². The molecule has 1 amide bonds. The Morgan fingerprint density at radius 2 is 1.71 bits per heavy atom. The quantitative estimate of drug-likeness (QED) is 0.292. The van der Waals surface area contributed by atoms with E-state index in [1.807, 2.05) is 56.3 Å². The lowest BCUT2D eigenvalue weighted by Gasteiger charge is -2.29. The molecule has 2 aromatic rings. The summed E-state index contributed by atoms with van der Waals surface area (Å²) < 4.78 is 22.2. The molecule has 34 heavy (non-hydrogen) atoms. The summed E-state index contributed by atoms with van der Waals surface area (Å²) in [6, 6.07) is 16.8. The largest absolute Gasteiger partial charge is 0.463 e. The average molecular weight is 470 g/mol. The van der Waals surface area contributed by atoms with Crippen molar-refractivity contribution in [3.63, 3.8) is 0 Å². The highest BCUT2D eigenvalue weighted by atomic mass is 16.6. The fourth-order valence-corrected chi connectivity index (χ4v) is 2.91. The minimum Gasteiger partial charge on any atom is -0.463 e. The van der Waals surface area contributed by atoms with E-state index in [9.17, 15) is 9.59 Å². The first-order chi connectivity index (χ1) is 16.3. The normalized spacial score (nSPS) is 13.4. The number of amides is 1. The summed E-state index contributed by atoms with van der Waals surface area (Å²) in [5.41, 5.74) is 1.81. The lowest BCUT2D eigenvalue weighted by atomic mass is 9.94. The van der Waals surface area contributed by atoms with E-state index in [2.05, 4.69) is 11.9 Å². The molecule has 0 saturated heterocycles. The van der Waals surface area contributed by atoms with Crippen LogP contribution in [0.15, 0.2) is 61.2 Å². The van der Waals surface area contributed by atoms with Gasteiger partial charge in [-0.15, -0.1) is 0 Å². The Morgan fingerprint density at radius 1 is 1.03 bits per heavy atom. The molecule has 7 heteroatoms. The molecule has 2 unspecified atom stereocenters. The fraction of sp³-hybridized carbons (Fsp3) is 0.407. The van der Waals surface area contributed by atoms with Crippen molar-refractivity contribution in [1.29, 1.82) is 0 Å². The summed E-state index contributed by atoms with van der Waals surface area (Å²) in [5.74, 6) is -0.482. The van der Waals surface area contributed by atoms with Gasteiger partial charge in [0.25, 0.3) is 0 Å². The van der Waals surface area contributed by atoms with Crippen LogP contribution >= 0.6 is 0 Å². The summed E-state index contributed by atoms with van der Waals surface area (Å²) in [6.45, 7) is 10.4. The third-order valence-electron chi connectivity index (χ3n) is 4.98. The van der Waals surface area contributed by atoms with Gasteiger partial charge in [-0.3, -0.25) is 5.32 Å². The highest BCUT2D eigenvalue weighted by Crippen LogP contribution is 2.20.